The second-order valence-electron chi connectivity index (χ2n) is 6.28. The highest BCUT2D eigenvalue weighted by Gasteiger charge is 2.22. The Bertz CT molecular complexity index is 1030. The minimum absolute atomic E-state index is 0.201. The predicted molar refractivity (Wildman–Crippen MR) is 103 cm³/mol. The highest BCUT2D eigenvalue weighted by molar-refractivity contribution is 6.00. The Hall–Kier alpha value is -3.32. The lowest BCUT2D eigenvalue weighted by Crippen LogP contribution is -2.07. The molecule has 142 valence electrons. The van der Waals surface area contributed by atoms with E-state index in [9.17, 15) is 4.39 Å². The molecule has 4 rings (SSSR count). The van der Waals surface area contributed by atoms with Gasteiger partial charge in [0.1, 0.15) is 17.2 Å². The zero-order valence-corrected chi connectivity index (χ0v) is 15.4. The number of benzene rings is 2. The van der Waals surface area contributed by atoms with Crippen LogP contribution < -0.4 is 0 Å². The van der Waals surface area contributed by atoms with Gasteiger partial charge in [-0.1, -0.05) is 52.8 Å². The predicted octanol–water partition coefficient (Wildman–Crippen LogP) is 4.11. The number of methoxy groups -OCH3 is 1. The average Bonchev–Trinajstić information content (AvgIpc) is 2.97. The van der Waals surface area contributed by atoms with E-state index in [1.54, 1.807) is 25.3 Å². The van der Waals surface area contributed by atoms with Gasteiger partial charge in [0.2, 0.25) is 0 Å². The van der Waals surface area contributed by atoms with E-state index in [-0.39, 0.29) is 6.61 Å². The summed E-state index contributed by atoms with van der Waals surface area (Å²) >= 11 is 0. The highest BCUT2D eigenvalue weighted by Crippen LogP contribution is 2.26. The second-order valence-corrected chi connectivity index (χ2v) is 6.28. The number of hydrogen-bond donors (Lipinski definition) is 0. The summed E-state index contributed by atoms with van der Waals surface area (Å²) in [6.07, 6.45) is 3.41. The van der Waals surface area contributed by atoms with Crippen LogP contribution >= 0.6 is 0 Å². The lowest BCUT2D eigenvalue weighted by molar-refractivity contribution is 0.178. The van der Waals surface area contributed by atoms with Crippen LogP contribution in [0.5, 0.6) is 0 Å². The van der Waals surface area contributed by atoms with E-state index in [1.165, 1.54) is 10.7 Å². The molecule has 0 unspecified atom stereocenters. The molecule has 0 aliphatic carbocycles. The SMILES string of the molecule is COCc1c(C2=CCCC(c3ccccc3)=NO2)nnn1-c1ccccc1F. The fourth-order valence-corrected chi connectivity index (χ4v) is 3.07. The van der Waals surface area contributed by atoms with E-state index >= 15 is 0 Å². The number of nitrogens with zero attached hydrogens (tertiary/aromatic N) is 4. The van der Waals surface area contributed by atoms with Gasteiger partial charge in [-0.2, -0.15) is 0 Å². The van der Waals surface area contributed by atoms with Crippen molar-refractivity contribution >= 4 is 11.5 Å². The van der Waals surface area contributed by atoms with Gasteiger partial charge in [0.15, 0.2) is 11.5 Å². The Balaban J connectivity index is 1.69. The Morgan fingerprint density at radius 3 is 2.68 bits per heavy atom. The lowest BCUT2D eigenvalue weighted by Gasteiger charge is -2.09. The zero-order valence-electron chi connectivity index (χ0n) is 15.4. The molecule has 28 heavy (non-hydrogen) atoms. The van der Waals surface area contributed by atoms with Crippen LogP contribution in [0, 0.1) is 5.82 Å². The summed E-state index contributed by atoms with van der Waals surface area (Å²) in [5.41, 5.74) is 3.27. The number of para-hydroxylation sites is 1. The Morgan fingerprint density at radius 1 is 1.11 bits per heavy atom. The maximum Gasteiger partial charge on any atom is 0.183 e. The topological polar surface area (TPSA) is 61.5 Å². The molecule has 0 saturated heterocycles. The number of hydrogen-bond acceptors (Lipinski definition) is 5. The largest absolute Gasteiger partial charge is 0.378 e. The summed E-state index contributed by atoms with van der Waals surface area (Å²) in [5.74, 6) is 0.0945. The van der Waals surface area contributed by atoms with Gasteiger partial charge in [-0.15, -0.1) is 5.10 Å². The minimum Gasteiger partial charge on any atom is -0.378 e. The first-order valence-electron chi connectivity index (χ1n) is 8.96. The van der Waals surface area contributed by atoms with Gasteiger partial charge in [-0.05, 0) is 36.6 Å². The van der Waals surface area contributed by atoms with Crippen molar-refractivity contribution < 1.29 is 14.0 Å². The van der Waals surface area contributed by atoms with E-state index in [1.807, 2.05) is 36.4 Å². The van der Waals surface area contributed by atoms with Gasteiger partial charge in [0.05, 0.1) is 12.3 Å². The summed E-state index contributed by atoms with van der Waals surface area (Å²) in [6, 6.07) is 16.3. The fraction of sp³-hybridized carbons (Fsp3) is 0.190. The molecule has 0 fully saturated rings. The number of rotatable bonds is 5. The Labute approximate surface area is 161 Å². The molecular formula is C21H19FN4O2. The van der Waals surface area contributed by atoms with Crippen molar-refractivity contribution in [2.45, 2.75) is 19.4 Å². The lowest BCUT2D eigenvalue weighted by atomic mass is 10.1. The van der Waals surface area contributed by atoms with Crippen LogP contribution in [-0.4, -0.2) is 27.8 Å². The molecule has 1 aliphatic heterocycles. The van der Waals surface area contributed by atoms with Crippen molar-refractivity contribution in [2.24, 2.45) is 5.16 Å². The van der Waals surface area contributed by atoms with Gasteiger partial charge in [0.25, 0.3) is 0 Å². The van der Waals surface area contributed by atoms with Crippen LogP contribution in [0.2, 0.25) is 0 Å². The van der Waals surface area contributed by atoms with E-state index in [0.717, 1.165) is 24.1 Å². The van der Waals surface area contributed by atoms with Gasteiger partial charge >= 0.3 is 0 Å². The monoisotopic (exact) mass is 378 g/mol. The first-order valence-corrected chi connectivity index (χ1v) is 8.96. The molecule has 0 atom stereocenters. The van der Waals surface area contributed by atoms with Gasteiger partial charge in [0, 0.05) is 7.11 Å². The number of oxime groups is 1. The standard InChI is InChI=1S/C21H19FN4O2/c1-27-14-19-21(23-25-26(19)18-12-6-5-10-16(18)22)20-13-7-11-17(24-28-20)15-8-3-2-4-9-15/h2-6,8-10,12-13H,7,11,14H2,1H3. The van der Waals surface area contributed by atoms with Crippen LogP contribution in [0.15, 0.2) is 65.8 Å². The Kier molecular flexibility index (Phi) is 5.25. The van der Waals surface area contributed by atoms with Gasteiger partial charge in [-0.3, -0.25) is 0 Å². The van der Waals surface area contributed by atoms with E-state index in [4.69, 9.17) is 9.57 Å². The summed E-state index contributed by atoms with van der Waals surface area (Å²) in [5, 5.41) is 12.7. The fourth-order valence-electron chi connectivity index (χ4n) is 3.07. The quantitative estimate of drug-likeness (QED) is 0.670. The molecule has 2 heterocycles. The van der Waals surface area contributed by atoms with Crippen LogP contribution in [-0.2, 0) is 16.2 Å². The molecule has 7 heteroatoms. The number of halogens is 1. The number of allylic oxidation sites excluding steroid dienone is 1. The number of ether oxygens (including phenoxy) is 1. The van der Waals surface area contributed by atoms with E-state index in [2.05, 4.69) is 15.5 Å². The Morgan fingerprint density at radius 2 is 1.89 bits per heavy atom. The summed E-state index contributed by atoms with van der Waals surface area (Å²) in [4.78, 5) is 5.71. The molecule has 0 N–H and O–H groups in total. The van der Waals surface area contributed by atoms with Crippen molar-refractivity contribution in [1.29, 1.82) is 0 Å². The third-order valence-corrected chi connectivity index (χ3v) is 4.43. The molecule has 3 aromatic rings. The molecule has 0 saturated carbocycles. The molecule has 0 amide bonds. The third-order valence-electron chi connectivity index (χ3n) is 4.43. The molecule has 2 aromatic carbocycles. The van der Waals surface area contributed by atoms with E-state index < -0.39 is 5.82 Å². The molecule has 1 aromatic heterocycles. The highest BCUT2D eigenvalue weighted by atomic mass is 19.1. The first kappa shape index (κ1) is 18.1. The number of aromatic nitrogens is 3. The summed E-state index contributed by atoms with van der Waals surface area (Å²) in [7, 11) is 1.57. The van der Waals surface area contributed by atoms with E-state index in [0.29, 0.717) is 22.8 Å². The molecule has 6 nitrogen and oxygen atoms in total. The zero-order chi connectivity index (χ0) is 19.3. The van der Waals surface area contributed by atoms with Gasteiger partial charge < -0.3 is 9.57 Å². The second kappa shape index (κ2) is 8.14. The smallest absolute Gasteiger partial charge is 0.183 e. The van der Waals surface area contributed by atoms with Gasteiger partial charge in [-0.25, -0.2) is 9.07 Å². The summed E-state index contributed by atoms with van der Waals surface area (Å²) < 4.78 is 21.0. The maximum atomic E-state index is 14.3. The molecule has 1 aliphatic rings. The third kappa shape index (κ3) is 3.57. The maximum absolute atomic E-state index is 14.3. The van der Waals surface area contributed by atoms with Crippen LogP contribution in [0.3, 0.4) is 0 Å². The molecule has 0 spiro atoms. The minimum atomic E-state index is -0.392. The van der Waals surface area contributed by atoms with Crippen LogP contribution in [0.25, 0.3) is 11.4 Å². The van der Waals surface area contributed by atoms with Crippen molar-refractivity contribution in [2.75, 3.05) is 7.11 Å². The van der Waals surface area contributed by atoms with Crippen LogP contribution in [0.4, 0.5) is 4.39 Å². The normalized spacial score (nSPS) is 14.1. The van der Waals surface area contributed by atoms with Crippen LogP contribution in [0.1, 0.15) is 29.8 Å². The molecular weight excluding hydrogens is 359 g/mol. The van der Waals surface area contributed by atoms with Crippen molar-refractivity contribution in [3.05, 3.63) is 83.4 Å². The molecule has 0 radical (unpaired) electrons. The van der Waals surface area contributed by atoms with Crippen molar-refractivity contribution in [3.8, 4) is 5.69 Å². The summed E-state index contributed by atoms with van der Waals surface area (Å²) in [6.45, 7) is 0.201. The van der Waals surface area contributed by atoms with Crippen molar-refractivity contribution in [3.63, 3.8) is 0 Å². The molecule has 0 bridgehead atoms. The average molecular weight is 378 g/mol. The van der Waals surface area contributed by atoms with Crippen molar-refractivity contribution in [1.82, 2.24) is 15.0 Å². The first-order chi connectivity index (χ1) is 13.8.